The lowest BCUT2D eigenvalue weighted by atomic mass is 10.0. The molecule has 1 amide bonds. The summed E-state index contributed by atoms with van der Waals surface area (Å²) in [6.45, 7) is 3.00. The normalized spacial score (nSPS) is 21.6. The lowest BCUT2D eigenvalue weighted by molar-refractivity contribution is 0.0556. The number of benzene rings is 1. The maximum atomic E-state index is 13.3. The minimum Gasteiger partial charge on any atom is -0.337 e. The molecule has 0 N–H and O–H groups in total. The molecule has 2 atom stereocenters. The molecule has 5 nitrogen and oxygen atoms in total. The number of amides is 1. The fraction of sp³-hybridized carbons (Fsp3) is 0.273. The highest BCUT2D eigenvalue weighted by molar-refractivity contribution is 5.94. The third-order valence-corrected chi connectivity index (χ3v) is 5.75. The molecule has 0 unspecified atom stereocenters. The number of fused-ring (bicyclic) bond motifs is 3. The number of hydrogen-bond donors (Lipinski definition) is 0. The Labute approximate surface area is 163 Å². The SMILES string of the molecule is O=C1c2cccn2[C@H]2CN(Cc3cccnc3)C[C@H]2N1Cc1ccc(F)cc1. The Morgan fingerprint density at radius 1 is 0.964 bits per heavy atom. The first-order valence-electron chi connectivity index (χ1n) is 9.52. The van der Waals surface area contributed by atoms with E-state index in [0.29, 0.717) is 6.54 Å². The number of pyridine rings is 1. The van der Waals surface area contributed by atoms with Crippen LogP contribution in [0.5, 0.6) is 0 Å². The van der Waals surface area contributed by atoms with Gasteiger partial charge in [0.2, 0.25) is 0 Å². The zero-order valence-electron chi connectivity index (χ0n) is 15.4. The Morgan fingerprint density at radius 2 is 1.79 bits per heavy atom. The fourth-order valence-electron chi connectivity index (χ4n) is 4.44. The van der Waals surface area contributed by atoms with Crippen LogP contribution in [0.3, 0.4) is 0 Å². The number of hydrogen-bond acceptors (Lipinski definition) is 3. The average molecular weight is 376 g/mol. The highest BCUT2D eigenvalue weighted by Gasteiger charge is 2.44. The molecule has 6 heteroatoms. The third-order valence-electron chi connectivity index (χ3n) is 5.75. The minimum atomic E-state index is -0.260. The van der Waals surface area contributed by atoms with E-state index in [4.69, 9.17) is 0 Å². The van der Waals surface area contributed by atoms with E-state index in [1.54, 1.807) is 18.3 Å². The van der Waals surface area contributed by atoms with Crippen LogP contribution >= 0.6 is 0 Å². The van der Waals surface area contributed by atoms with Crippen molar-refractivity contribution >= 4 is 5.91 Å². The van der Waals surface area contributed by atoms with Gasteiger partial charge in [0.15, 0.2) is 0 Å². The number of halogens is 1. The lowest BCUT2D eigenvalue weighted by Gasteiger charge is -2.38. The third kappa shape index (κ3) is 2.99. The van der Waals surface area contributed by atoms with E-state index < -0.39 is 0 Å². The van der Waals surface area contributed by atoms with Gasteiger partial charge in [-0.1, -0.05) is 18.2 Å². The van der Waals surface area contributed by atoms with Gasteiger partial charge in [-0.25, -0.2) is 4.39 Å². The topological polar surface area (TPSA) is 41.4 Å². The van der Waals surface area contributed by atoms with Crippen molar-refractivity contribution in [1.82, 2.24) is 19.4 Å². The van der Waals surface area contributed by atoms with Crippen LogP contribution in [0.15, 0.2) is 67.1 Å². The molecule has 1 fully saturated rings. The maximum Gasteiger partial charge on any atom is 0.271 e. The van der Waals surface area contributed by atoms with Crippen LogP contribution in [0, 0.1) is 5.82 Å². The van der Waals surface area contributed by atoms with Crippen LogP contribution in [0.4, 0.5) is 4.39 Å². The van der Waals surface area contributed by atoms with Crippen molar-refractivity contribution in [3.8, 4) is 0 Å². The summed E-state index contributed by atoms with van der Waals surface area (Å²) in [5, 5.41) is 0. The monoisotopic (exact) mass is 376 g/mol. The van der Waals surface area contributed by atoms with Crippen molar-refractivity contribution in [1.29, 1.82) is 0 Å². The molecule has 0 spiro atoms. The van der Waals surface area contributed by atoms with Crippen molar-refractivity contribution in [3.05, 3.63) is 89.8 Å². The number of carbonyl (C=O) groups is 1. The molecule has 1 saturated heterocycles. The second-order valence-electron chi connectivity index (χ2n) is 7.55. The van der Waals surface area contributed by atoms with Crippen LogP contribution in [0.2, 0.25) is 0 Å². The summed E-state index contributed by atoms with van der Waals surface area (Å²) in [7, 11) is 0. The molecule has 0 radical (unpaired) electrons. The van der Waals surface area contributed by atoms with Gasteiger partial charge in [0.05, 0.1) is 12.1 Å². The first-order chi connectivity index (χ1) is 13.7. The van der Waals surface area contributed by atoms with Gasteiger partial charge in [-0.2, -0.15) is 0 Å². The molecule has 0 bridgehead atoms. The summed E-state index contributed by atoms with van der Waals surface area (Å²) in [6, 6.07) is 14.6. The Kier molecular flexibility index (Phi) is 4.20. The maximum absolute atomic E-state index is 13.3. The van der Waals surface area contributed by atoms with Crippen LogP contribution in [0.25, 0.3) is 0 Å². The van der Waals surface area contributed by atoms with Gasteiger partial charge in [-0.15, -0.1) is 0 Å². The lowest BCUT2D eigenvalue weighted by Crippen LogP contribution is -2.49. The quantitative estimate of drug-likeness (QED) is 0.703. The van der Waals surface area contributed by atoms with Crippen LogP contribution in [-0.4, -0.2) is 44.4 Å². The van der Waals surface area contributed by atoms with Crippen molar-refractivity contribution in [2.24, 2.45) is 0 Å². The second kappa shape index (κ2) is 6.87. The van der Waals surface area contributed by atoms with E-state index in [9.17, 15) is 9.18 Å². The van der Waals surface area contributed by atoms with E-state index in [0.717, 1.165) is 30.9 Å². The molecule has 4 heterocycles. The van der Waals surface area contributed by atoms with Gasteiger partial charge in [0.25, 0.3) is 5.91 Å². The summed E-state index contributed by atoms with van der Waals surface area (Å²) >= 11 is 0. The Balaban J connectivity index is 1.43. The Morgan fingerprint density at radius 3 is 2.57 bits per heavy atom. The van der Waals surface area contributed by atoms with Crippen molar-refractivity contribution in [2.75, 3.05) is 13.1 Å². The number of carbonyl (C=O) groups excluding carboxylic acids is 1. The predicted molar refractivity (Wildman–Crippen MR) is 103 cm³/mol. The van der Waals surface area contributed by atoms with Gasteiger partial charge in [-0.3, -0.25) is 14.7 Å². The molecule has 0 saturated carbocycles. The van der Waals surface area contributed by atoms with Gasteiger partial charge < -0.3 is 9.47 Å². The molecule has 2 aliphatic heterocycles. The van der Waals surface area contributed by atoms with Gasteiger partial charge in [0.1, 0.15) is 11.5 Å². The molecular formula is C22H21FN4O. The van der Waals surface area contributed by atoms with E-state index in [1.807, 2.05) is 35.5 Å². The number of aromatic nitrogens is 2. The highest BCUT2D eigenvalue weighted by Crippen LogP contribution is 2.35. The molecule has 142 valence electrons. The second-order valence-corrected chi connectivity index (χ2v) is 7.55. The number of nitrogens with zero attached hydrogens (tertiary/aromatic N) is 4. The fourth-order valence-corrected chi connectivity index (χ4v) is 4.44. The van der Waals surface area contributed by atoms with Crippen LogP contribution in [0.1, 0.15) is 27.7 Å². The Hall–Kier alpha value is -2.99. The average Bonchev–Trinajstić information content (AvgIpc) is 3.34. The summed E-state index contributed by atoms with van der Waals surface area (Å²) < 4.78 is 15.4. The molecular weight excluding hydrogens is 355 g/mol. The summed E-state index contributed by atoms with van der Waals surface area (Å²) in [4.78, 5) is 21.7. The van der Waals surface area contributed by atoms with Crippen molar-refractivity contribution in [2.45, 2.75) is 25.2 Å². The van der Waals surface area contributed by atoms with Gasteiger partial charge >= 0.3 is 0 Å². The van der Waals surface area contributed by atoms with Crippen LogP contribution < -0.4 is 0 Å². The first kappa shape index (κ1) is 17.1. The van der Waals surface area contributed by atoms with Crippen molar-refractivity contribution < 1.29 is 9.18 Å². The molecule has 3 aromatic rings. The van der Waals surface area contributed by atoms with Gasteiger partial charge in [-0.05, 0) is 41.5 Å². The first-order valence-corrected chi connectivity index (χ1v) is 9.52. The smallest absolute Gasteiger partial charge is 0.271 e. The standard InChI is InChI=1S/C22H21FN4O/c23-18-7-5-16(6-8-18)13-27-21-15-25(12-17-3-1-9-24-11-17)14-20(21)26-10-2-4-19(26)22(27)28/h1-11,20-21H,12-15H2/t20-,21+/m0/s1. The molecule has 2 aliphatic rings. The van der Waals surface area contributed by atoms with Crippen molar-refractivity contribution in [3.63, 3.8) is 0 Å². The molecule has 2 aromatic heterocycles. The van der Waals surface area contributed by atoms with E-state index in [-0.39, 0.29) is 23.8 Å². The number of likely N-dealkylation sites (tertiary alicyclic amines) is 1. The zero-order valence-corrected chi connectivity index (χ0v) is 15.4. The molecule has 1 aromatic carbocycles. The van der Waals surface area contributed by atoms with E-state index in [2.05, 4.69) is 20.5 Å². The minimum absolute atomic E-state index is 0.0406. The highest BCUT2D eigenvalue weighted by atomic mass is 19.1. The molecule has 5 rings (SSSR count). The molecule has 0 aliphatic carbocycles. The van der Waals surface area contributed by atoms with E-state index >= 15 is 0 Å². The Bertz CT molecular complexity index is 985. The molecule has 28 heavy (non-hydrogen) atoms. The van der Waals surface area contributed by atoms with Crippen LogP contribution in [-0.2, 0) is 13.1 Å². The summed E-state index contributed by atoms with van der Waals surface area (Å²) in [5.74, 6) is -0.220. The summed E-state index contributed by atoms with van der Waals surface area (Å²) in [5.41, 5.74) is 2.84. The predicted octanol–water partition coefficient (Wildman–Crippen LogP) is 3.10. The van der Waals surface area contributed by atoms with Gasteiger partial charge in [0, 0.05) is 44.8 Å². The largest absolute Gasteiger partial charge is 0.337 e. The van der Waals surface area contributed by atoms with E-state index in [1.165, 1.54) is 17.7 Å². The summed E-state index contributed by atoms with van der Waals surface area (Å²) in [6.07, 6.45) is 5.68. The number of rotatable bonds is 4. The zero-order chi connectivity index (χ0) is 19.1.